The molecule has 0 N–H and O–H groups in total. The zero-order valence-electron chi connectivity index (χ0n) is 9.04. The van der Waals surface area contributed by atoms with Gasteiger partial charge >= 0.3 is 0 Å². The number of rotatable bonds is 2. The van der Waals surface area contributed by atoms with Crippen molar-refractivity contribution in [3.63, 3.8) is 0 Å². The normalized spacial score (nSPS) is 10.6. The van der Waals surface area contributed by atoms with Crippen molar-refractivity contribution in [1.29, 1.82) is 0 Å². The molecule has 88 valence electrons. The SMILES string of the molecule is CCc1nc(Cl)cc(-c2cc(Cl)ccc2Cl)n1. The second kappa shape index (κ2) is 5.21. The van der Waals surface area contributed by atoms with Crippen molar-refractivity contribution in [3.8, 4) is 11.3 Å². The molecule has 1 aromatic heterocycles. The Morgan fingerprint density at radius 2 is 1.82 bits per heavy atom. The van der Waals surface area contributed by atoms with E-state index in [0.29, 0.717) is 33.1 Å². The highest BCUT2D eigenvalue weighted by Gasteiger charge is 2.09. The summed E-state index contributed by atoms with van der Waals surface area (Å²) in [4.78, 5) is 8.49. The molecule has 0 aliphatic heterocycles. The van der Waals surface area contributed by atoms with Crippen LogP contribution in [0.1, 0.15) is 12.7 Å². The van der Waals surface area contributed by atoms with Crippen LogP contribution in [0.25, 0.3) is 11.3 Å². The third-order valence-electron chi connectivity index (χ3n) is 2.26. The van der Waals surface area contributed by atoms with Crippen molar-refractivity contribution < 1.29 is 0 Å². The lowest BCUT2D eigenvalue weighted by molar-refractivity contribution is 0.943. The van der Waals surface area contributed by atoms with E-state index < -0.39 is 0 Å². The predicted molar refractivity (Wildman–Crippen MR) is 71.9 cm³/mol. The lowest BCUT2D eigenvalue weighted by atomic mass is 10.1. The van der Waals surface area contributed by atoms with E-state index in [1.807, 2.05) is 6.92 Å². The molecule has 0 fully saturated rings. The van der Waals surface area contributed by atoms with Crippen LogP contribution in [0, 0.1) is 0 Å². The molecule has 0 spiro atoms. The first kappa shape index (κ1) is 12.6. The van der Waals surface area contributed by atoms with E-state index in [4.69, 9.17) is 34.8 Å². The quantitative estimate of drug-likeness (QED) is 0.750. The Morgan fingerprint density at radius 1 is 1.06 bits per heavy atom. The molecule has 0 radical (unpaired) electrons. The van der Waals surface area contributed by atoms with Gasteiger partial charge in [-0.1, -0.05) is 41.7 Å². The molecule has 0 atom stereocenters. The minimum Gasteiger partial charge on any atom is -0.233 e. The molecule has 0 saturated heterocycles. The van der Waals surface area contributed by atoms with Crippen LogP contribution in [0.4, 0.5) is 0 Å². The molecule has 1 aromatic carbocycles. The number of hydrogen-bond donors (Lipinski definition) is 0. The van der Waals surface area contributed by atoms with Crippen LogP contribution in [-0.2, 0) is 6.42 Å². The monoisotopic (exact) mass is 286 g/mol. The predicted octanol–water partition coefficient (Wildman–Crippen LogP) is 4.67. The number of halogens is 3. The molecular formula is C12H9Cl3N2. The fraction of sp³-hybridized carbons (Fsp3) is 0.167. The first-order valence-electron chi connectivity index (χ1n) is 5.09. The van der Waals surface area contributed by atoms with Gasteiger partial charge < -0.3 is 0 Å². The van der Waals surface area contributed by atoms with E-state index in [2.05, 4.69) is 9.97 Å². The molecule has 2 rings (SSSR count). The second-order valence-electron chi connectivity index (χ2n) is 3.47. The third-order valence-corrected chi connectivity index (χ3v) is 3.02. The molecule has 17 heavy (non-hydrogen) atoms. The topological polar surface area (TPSA) is 25.8 Å². The van der Waals surface area contributed by atoms with E-state index in [9.17, 15) is 0 Å². The molecule has 2 nitrogen and oxygen atoms in total. The maximum absolute atomic E-state index is 6.12. The molecular weight excluding hydrogens is 279 g/mol. The van der Waals surface area contributed by atoms with Gasteiger partial charge in [-0.2, -0.15) is 0 Å². The maximum atomic E-state index is 6.12. The minimum atomic E-state index is 0.405. The lowest BCUT2D eigenvalue weighted by Crippen LogP contribution is -1.95. The summed E-state index contributed by atoms with van der Waals surface area (Å²) in [7, 11) is 0. The van der Waals surface area contributed by atoms with Crippen LogP contribution in [-0.4, -0.2) is 9.97 Å². The first-order valence-corrected chi connectivity index (χ1v) is 6.22. The van der Waals surface area contributed by atoms with E-state index in [1.165, 1.54) is 0 Å². The average Bonchev–Trinajstić information content (AvgIpc) is 2.31. The summed E-state index contributed by atoms with van der Waals surface area (Å²) < 4.78 is 0. The van der Waals surface area contributed by atoms with Gasteiger partial charge in [0.25, 0.3) is 0 Å². The number of aryl methyl sites for hydroxylation is 1. The molecule has 0 unspecified atom stereocenters. The Morgan fingerprint density at radius 3 is 2.53 bits per heavy atom. The van der Waals surface area contributed by atoms with Crippen LogP contribution in [0.2, 0.25) is 15.2 Å². The van der Waals surface area contributed by atoms with Gasteiger partial charge in [0, 0.05) is 23.1 Å². The largest absolute Gasteiger partial charge is 0.233 e. The Labute approximate surface area is 115 Å². The molecule has 0 aliphatic rings. The standard InChI is InChI=1S/C12H9Cl3N2/c1-2-12-16-10(6-11(15)17-12)8-5-7(13)3-4-9(8)14/h3-6H,2H2,1H3. The molecule has 5 heteroatoms. The molecule has 0 amide bonds. The number of aromatic nitrogens is 2. The summed E-state index contributed by atoms with van der Waals surface area (Å²) in [6.45, 7) is 1.97. The fourth-order valence-electron chi connectivity index (χ4n) is 1.45. The highest BCUT2D eigenvalue weighted by Crippen LogP contribution is 2.30. The molecule has 2 aromatic rings. The third kappa shape index (κ3) is 2.89. The van der Waals surface area contributed by atoms with Crippen molar-refractivity contribution in [2.75, 3.05) is 0 Å². The first-order chi connectivity index (χ1) is 8.10. The fourth-order valence-corrected chi connectivity index (χ4v) is 2.04. The zero-order chi connectivity index (χ0) is 12.4. The Kier molecular flexibility index (Phi) is 3.87. The van der Waals surface area contributed by atoms with Crippen LogP contribution >= 0.6 is 34.8 Å². The Hall–Kier alpha value is -0.830. The van der Waals surface area contributed by atoms with E-state index >= 15 is 0 Å². The number of hydrogen-bond acceptors (Lipinski definition) is 2. The lowest BCUT2D eigenvalue weighted by Gasteiger charge is -2.06. The molecule has 0 saturated carbocycles. The van der Waals surface area contributed by atoms with Gasteiger partial charge in [0.2, 0.25) is 0 Å². The summed E-state index contributed by atoms with van der Waals surface area (Å²) in [6.07, 6.45) is 0.714. The highest BCUT2D eigenvalue weighted by atomic mass is 35.5. The molecule has 1 heterocycles. The van der Waals surface area contributed by atoms with Crippen LogP contribution in [0.15, 0.2) is 24.3 Å². The van der Waals surface area contributed by atoms with Gasteiger partial charge in [-0.15, -0.1) is 0 Å². The Balaban J connectivity index is 2.59. The van der Waals surface area contributed by atoms with Crippen molar-refractivity contribution in [1.82, 2.24) is 9.97 Å². The average molecular weight is 288 g/mol. The number of nitrogens with zero attached hydrogens (tertiary/aromatic N) is 2. The van der Waals surface area contributed by atoms with Gasteiger partial charge in [-0.05, 0) is 18.2 Å². The minimum absolute atomic E-state index is 0.405. The van der Waals surface area contributed by atoms with Crippen LogP contribution in [0.5, 0.6) is 0 Å². The van der Waals surface area contributed by atoms with Gasteiger partial charge in [0.15, 0.2) is 0 Å². The second-order valence-corrected chi connectivity index (χ2v) is 4.70. The van der Waals surface area contributed by atoms with Gasteiger partial charge in [0.1, 0.15) is 11.0 Å². The Bertz CT molecular complexity index is 555. The van der Waals surface area contributed by atoms with E-state index in [-0.39, 0.29) is 0 Å². The number of benzene rings is 1. The molecule has 0 bridgehead atoms. The van der Waals surface area contributed by atoms with Crippen LogP contribution < -0.4 is 0 Å². The summed E-state index contributed by atoms with van der Waals surface area (Å²) in [6, 6.07) is 6.91. The van der Waals surface area contributed by atoms with Crippen molar-refractivity contribution in [2.24, 2.45) is 0 Å². The smallest absolute Gasteiger partial charge is 0.133 e. The van der Waals surface area contributed by atoms with Crippen LogP contribution in [0.3, 0.4) is 0 Å². The summed E-state index contributed by atoms with van der Waals surface area (Å²) in [5.41, 5.74) is 1.45. The maximum Gasteiger partial charge on any atom is 0.133 e. The van der Waals surface area contributed by atoms with Gasteiger partial charge in [-0.25, -0.2) is 9.97 Å². The summed E-state index contributed by atoms with van der Waals surface area (Å²) >= 11 is 18.0. The van der Waals surface area contributed by atoms with E-state index in [0.717, 1.165) is 5.56 Å². The van der Waals surface area contributed by atoms with Crippen molar-refractivity contribution in [2.45, 2.75) is 13.3 Å². The van der Waals surface area contributed by atoms with Gasteiger partial charge in [-0.3, -0.25) is 0 Å². The molecule has 0 aliphatic carbocycles. The van der Waals surface area contributed by atoms with E-state index in [1.54, 1.807) is 24.3 Å². The van der Waals surface area contributed by atoms with Crippen molar-refractivity contribution >= 4 is 34.8 Å². The van der Waals surface area contributed by atoms with Crippen molar-refractivity contribution in [3.05, 3.63) is 45.3 Å². The summed E-state index contributed by atoms with van der Waals surface area (Å²) in [5.74, 6) is 0.684. The summed E-state index contributed by atoms with van der Waals surface area (Å²) in [5, 5.41) is 1.60. The zero-order valence-corrected chi connectivity index (χ0v) is 11.3. The highest BCUT2D eigenvalue weighted by molar-refractivity contribution is 6.35. The van der Waals surface area contributed by atoms with Gasteiger partial charge in [0.05, 0.1) is 10.7 Å².